The molecule has 0 aromatic heterocycles. The summed E-state index contributed by atoms with van der Waals surface area (Å²) < 4.78 is 0. The van der Waals surface area contributed by atoms with Crippen LogP contribution in [-0.4, -0.2) is 27.4 Å². The van der Waals surface area contributed by atoms with Crippen molar-refractivity contribution in [1.29, 1.82) is 0 Å². The summed E-state index contributed by atoms with van der Waals surface area (Å²) in [6.45, 7) is 7.29. The largest absolute Gasteiger partial charge is 0.481 e. The number of benzene rings is 1. The number of carbonyl (C=O) groups is 2. The van der Waals surface area contributed by atoms with Gasteiger partial charge in [-0.2, -0.15) is 0 Å². The molecule has 1 fully saturated rings. The Hall–Kier alpha value is -1.84. The van der Waals surface area contributed by atoms with Gasteiger partial charge in [0.1, 0.15) is 0 Å². The number of carbonyl (C=O) groups excluding carboxylic acids is 1. The van der Waals surface area contributed by atoms with Crippen molar-refractivity contribution in [1.82, 2.24) is 4.90 Å². The summed E-state index contributed by atoms with van der Waals surface area (Å²) in [5.41, 5.74) is 1.45. The minimum absolute atomic E-state index is 0.000980. The highest BCUT2D eigenvalue weighted by atomic mass is 16.4. The SMILES string of the molecule is CC(C)(C)C1CCC(CC(=O)O)(N2Cc3ccccc3C2=O)CC1. The normalized spacial score (nSPS) is 27.2. The molecule has 4 heteroatoms. The minimum Gasteiger partial charge on any atom is -0.481 e. The Morgan fingerprint density at radius 3 is 2.42 bits per heavy atom. The van der Waals surface area contributed by atoms with E-state index in [0.717, 1.165) is 36.8 Å². The Balaban J connectivity index is 1.87. The molecular formula is C20H27NO3. The molecule has 1 saturated carbocycles. The van der Waals surface area contributed by atoms with E-state index in [0.29, 0.717) is 12.5 Å². The van der Waals surface area contributed by atoms with Crippen LogP contribution in [0.1, 0.15) is 68.8 Å². The van der Waals surface area contributed by atoms with E-state index >= 15 is 0 Å². The third-order valence-electron chi connectivity index (χ3n) is 6.02. The van der Waals surface area contributed by atoms with Gasteiger partial charge in [0.25, 0.3) is 5.91 Å². The van der Waals surface area contributed by atoms with Crippen LogP contribution in [-0.2, 0) is 11.3 Å². The summed E-state index contributed by atoms with van der Waals surface area (Å²) in [6.07, 6.45) is 3.57. The van der Waals surface area contributed by atoms with Crippen molar-refractivity contribution in [3.05, 3.63) is 35.4 Å². The lowest BCUT2D eigenvalue weighted by Crippen LogP contribution is -2.53. The van der Waals surface area contributed by atoms with E-state index in [1.54, 1.807) is 0 Å². The second kappa shape index (κ2) is 5.91. The first kappa shape index (κ1) is 17.0. The molecule has 3 rings (SSSR count). The summed E-state index contributed by atoms with van der Waals surface area (Å²) in [5, 5.41) is 9.48. The van der Waals surface area contributed by atoms with E-state index in [9.17, 15) is 14.7 Å². The van der Waals surface area contributed by atoms with Crippen LogP contribution >= 0.6 is 0 Å². The van der Waals surface area contributed by atoms with Crippen molar-refractivity contribution < 1.29 is 14.7 Å². The van der Waals surface area contributed by atoms with Crippen molar-refractivity contribution >= 4 is 11.9 Å². The predicted molar refractivity (Wildman–Crippen MR) is 92.7 cm³/mol. The standard InChI is InChI=1S/C20H27NO3/c1-19(2,3)15-8-10-20(11-9-15,12-17(22)23)21-13-14-6-4-5-7-16(14)18(21)24/h4-7,15H,8-13H2,1-3H3,(H,22,23). The molecule has 0 radical (unpaired) electrons. The number of fused-ring (bicyclic) bond motifs is 1. The molecule has 1 heterocycles. The molecule has 0 spiro atoms. The lowest BCUT2D eigenvalue weighted by Gasteiger charge is -2.48. The molecular weight excluding hydrogens is 302 g/mol. The van der Waals surface area contributed by atoms with Crippen LogP contribution in [0.3, 0.4) is 0 Å². The summed E-state index contributed by atoms with van der Waals surface area (Å²) in [6, 6.07) is 7.64. The average Bonchev–Trinajstić information content (AvgIpc) is 2.84. The molecule has 0 atom stereocenters. The Morgan fingerprint density at radius 1 is 1.25 bits per heavy atom. The van der Waals surface area contributed by atoms with E-state index in [1.165, 1.54) is 0 Å². The first-order valence-corrected chi connectivity index (χ1v) is 8.85. The van der Waals surface area contributed by atoms with Crippen LogP contribution in [0, 0.1) is 11.3 Å². The maximum Gasteiger partial charge on any atom is 0.305 e. The molecule has 2 aliphatic rings. The van der Waals surface area contributed by atoms with Crippen LogP contribution in [0.2, 0.25) is 0 Å². The highest BCUT2D eigenvalue weighted by Crippen LogP contribution is 2.47. The molecule has 4 nitrogen and oxygen atoms in total. The molecule has 0 bridgehead atoms. The first-order chi connectivity index (χ1) is 11.2. The van der Waals surface area contributed by atoms with Crippen molar-refractivity contribution in [2.75, 3.05) is 0 Å². The number of aliphatic carboxylic acids is 1. The fraction of sp³-hybridized carbons (Fsp3) is 0.600. The van der Waals surface area contributed by atoms with Gasteiger partial charge in [0.2, 0.25) is 0 Å². The molecule has 1 aromatic rings. The summed E-state index contributed by atoms with van der Waals surface area (Å²) in [5.74, 6) is -0.228. The van der Waals surface area contributed by atoms with Crippen molar-refractivity contribution in [3.8, 4) is 0 Å². The Morgan fingerprint density at radius 2 is 1.88 bits per heavy atom. The van der Waals surface area contributed by atoms with Crippen LogP contribution in [0.4, 0.5) is 0 Å². The van der Waals surface area contributed by atoms with E-state index < -0.39 is 11.5 Å². The summed E-state index contributed by atoms with van der Waals surface area (Å²) in [7, 11) is 0. The fourth-order valence-electron chi connectivity index (χ4n) is 4.48. The van der Waals surface area contributed by atoms with Gasteiger partial charge in [-0.1, -0.05) is 39.0 Å². The van der Waals surface area contributed by atoms with Gasteiger partial charge < -0.3 is 10.0 Å². The highest BCUT2D eigenvalue weighted by Gasteiger charge is 2.48. The van der Waals surface area contributed by atoms with Gasteiger partial charge >= 0.3 is 5.97 Å². The van der Waals surface area contributed by atoms with Crippen LogP contribution in [0.5, 0.6) is 0 Å². The van der Waals surface area contributed by atoms with Crippen LogP contribution < -0.4 is 0 Å². The Kier molecular flexibility index (Phi) is 4.18. The van der Waals surface area contributed by atoms with E-state index in [-0.39, 0.29) is 17.7 Å². The van der Waals surface area contributed by atoms with Gasteiger partial charge in [-0.05, 0) is 48.6 Å². The van der Waals surface area contributed by atoms with Crippen molar-refractivity contribution in [2.45, 2.75) is 65.0 Å². The second-order valence-corrected chi connectivity index (χ2v) is 8.48. The fourth-order valence-corrected chi connectivity index (χ4v) is 4.48. The van der Waals surface area contributed by atoms with Crippen molar-refractivity contribution in [2.24, 2.45) is 11.3 Å². The van der Waals surface area contributed by atoms with Crippen LogP contribution in [0.15, 0.2) is 24.3 Å². The smallest absolute Gasteiger partial charge is 0.305 e. The lowest BCUT2D eigenvalue weighted by molar-refractivity contribution is -0.141. The van der Waals surface area contributed by atoms with Gasteiger partial charge in [0.05, 0.1) is 12.0 Å². The number of carboxylic acid groups (broad SMARTS) is 1. The number of hydrogen-bond donors (Lipinski definition) is 1. The van der Waals surface area contributed by atoms with Gasteiger partial charge in [-0.15, -0.1) is 0 Å². The molecule has 1 N–H and O–H groups in total. The average molecular weight is 329 g/mol. The van der Waals surface area contributed by atoms with Crippen LogP contribution in [0.25, 0.3) is 0 Å². The molecule has 24 heavy (non-hydrogen) atoms. The second-order valence-electron chi connectivity index (χ2n) is 8.48. The molecule has 0 saturated heterocycles. The van der Waals surface area contributed by atoms with Gasteiger partial charge in [0, 0.05) is 12.1 Å². The van der Waals surface area contributed by atoms with Crippen molar-refractivity contribution in [3.63, 3.8) is 0 Å². The van der Waals surface area contributed by atoms with Gasteiger partial charge in [-0.3, -0.25) is 9.59 Å². The lowest BCUT2D eigenvalue weighted by atomic mass is 9.66. The maximum absolute atomic E-state index is 12.9. The number of rotatable bonds is 3. The maximum atomic E-state index is 12.9. The quantitative estimate of drug-likeness (QED) is 0.908. The van der Waals surface area contributed by atoms with E-state index in [1.807, 2.05) is 29.2 Å². The van der Waals surface area contributed by atoms with Gasteiger partial charge in [-0.25, -0.2) is 0 Å². The third-order valence-corrected chi connectivity index (χ3v) is 6.02. The Bertz CT molecular complexity index is 651. The zero-order valence-electron chi connectivity index (χ0n) is 14.8. The Labute approximate surface area is 143 Å². The summed E-state index contributed by atoms with van der Waals surface area (Å²) >= 11 is 0. The molecule has 0 unspecified atom stereocenters. The summed E-state index contributed by atoms with van der Waals surface area (Å²) in [4.78, 5) is 26.3. The number of amides is 1. The zero-order chi connectivity index (χ0) is 17.5. The molecule has 1 aromatic carbocycles. The number of hydrogen-bond acceptors (Lipinski definition) is 2. The third kappa shape index (κ3) is 2.94. The topological polar surface area (TPSA) is 57.6 Å². The monoisotopic (exact) mass is 329 g/mol. The molecule has 130 valence electrons. The molecule has 1 aliphatic carbocycles. The number of carboxylic acids is 1. The van der Waals surface area contributed by atoms with E-state index in [4.69, 9.17) is 0 Å². The zero-order valence-corrected chi connectivity index (χ0v) is 14.8. The highest BCUT2D eigenvalue weighted by molar-refractivity contribution is 5.99. The predicted octanol–water partition coefficient (Wildman–Crippen LogP) is 4.09. The number of nitrogens with zero attached hydrogens (tertiary/aromatic N) is 1. The molecule has 1 amide bonds. The molecule has 1 aliphatic heterocycles. The van der Waals surface area contributed by atoms with Gasteiger partial charge in [0.15, 0.2) is 0 Å². The first-order valence-electron chi connectivity index (χ1n) is 8.85. The van der Waals surface area contributed by atoms with E-state index in [2.05, 4.69) is 20.8 Å². The minimum atomic E-state index is -0.812.